The molecule has 2 aromatic rings. The summed E-state index contributed by atoms with van der Waals surface area (Å²) in [6.45, 7) is 2.71. The number of hydrogen-bond donors (Lipinski definition) is 1. The average Bonchev–Trinajstić information content (AvgIpc) is 2.60. The number of pyridine rings is 1. The van der Waals surface area contributed by atoms with Crippen LogP contribution in [0, 0.1) is 0 Å². The fraction of sp³-hybridized carbons (Fsp3) is 0.364. The molecule has 0 aliphatic heterocycles. The molecular weight excluding hydrogens is 174 g/mol. The van der Waals surface area contributed by atoms with E-state index in [-0.39, 0.29) is 0 Å². The number of nitrogens with two attached hydrogens (primary N) is 1. The first-order valence-corrected chi connectivity index (χ1v) is 5.00. The van der Waals surface area contributed by atoms with Crippen LogP contribution in [0.4, 0.5) is 0 Å². The standard InChI is InChI=1S/C11H15N3/c1-2-4-10-8-14-6-3-5-9(7-12)11(14)13-10/h3,5-6,8H,2,4,7,12H2,1H3. The normalized spacial score (nSPS) is 11.0. The number of aryl methyl sites for hydroxylation is 1. The summed E-state index contributed by atoms with van der Waals surface area (Å²) in [5.41, 5.74) is 8.90. The molecule has 0 unspecified atom stereocenters. The zero-order chi connectivity index (χ0) is 9.97. The van der Waals surface area contributed by atoms with Crippen molar-refractivity contribution < 1.29 is 0 Å². The molecule has 0 spiro atoms. The lowest BCUT2D eigenvalue weighted by Crippen LogP contribution is -1.99. The van der Waals surface area contributed by atoms with E-state index < -0.39 is 0 Å². The third-order valence-electron chi connectivity index (χ3n) is 2.34. The van der Waals surface area contributed by atoms with Crippen LogP contribution in [0.25, 0.3) is 5.65 Å². The Hall–Kier alpha value is -1.35. The minimum Gasteiger partial charge on any atom is -0.326 e. The van der Waals surface area contributed by atoms with Crippen molar-refractivity contribution in [3.8, 4) is 0 Å². The molecular formula is C11H15N3. The van der Waals surface area contributed by atoms with Crippen LogP contribution in [0.2, 0.25) is 0 Å². The summed E-state index contributed by atoms with van der Waals surface area (Å²) in [4.78, 5) is 4.56. The van der Waals surface area contributed by atoms with Gasteiger partial charge in [-0.3, -0.25) is 0 Å². The number of fused-ring (bicyclic) bond motifs is 1. The predicted octanol–water partition coefficient (Wildman–Crippen LogP) is 1.75. The molecule has 0 fully saturated rings. The average molecular weight is 189 g/mol. The lowest BCUT2D eigenvalue weighted by Gasteiger charge is -1.97. The first kappa shape index (κ1) is 9.21. The monoisotopic (exact) mass is 189 g/mol. The first-order chi connectivity index (χ1) is 6.85. The maximum Gasteiger partial charge on any atom is 0.141 e. The molecule has 0 saturated heterocycles. The highest BCUT2D eigenvalue weighted by atomic mass is 15.0. The van der Waals surface area contributed by atoms with Gasteiger partial charge in [0.25, 0.3) is 0 Å². The van der Waals surface area contributed by atoms with Crippen LogP contribution in [-0.2, 0) is 13.0 Å². The Kier molecular flexibility index (Phi) is 2.50. The molecule has 0 aliphatic rings. The molecule has 0 bridgehead atoms. The number of imidazole rings is 1. The Labute approximate surface area is 83.6 Å². The van der Waals surface area contributed by atoms with Crippen molar-refractivity contribution in [1.29, 1.82) is 0 Å². The topological polar surface area (TPSA) is 43.3 Å². The molecule has 74 valence electrons. The molecule has 3 nitrogen and oxygen atoms in total. The number of hydrogen-bond acceptors (Lipinski definition) is 2. The third kappa shape index (κ3) is 1.51. The highest BCUT2D eigenvalue weighted by molar-refractivity contribution is 5.48. The third-order valence-corrected chi connectivity index (χ3v) is 2.34. The van der Waals surface area contributed by atoms with E-state index in [1.54, 1.807) is 0 Å². The van der Waals surface area contributed by atoms with Gasteiger partial charge in [-0.25, -0.2) is 4.98 Å². The Bertz CT molecular complexity index is 431. The van der Waals surface area contributed by atoms with Crippen molar-refractivity contribution in [3.63, 3.8) is 0 Å². The molecule has 0 aliphatic carbocycles. The number of nitrogens with zero attached hydrogens (tertiary/aromatic N) is 2. The first-order valence-electron chi connectivity index (χ1n) is 5.00. The zero-order valence-corrected chi connectivity index (χ0v) is 8.40. The lowest BCUT2D eigenvalue weighted by atomic mass is 10.3. The summed E-state index contributed by atoms with van der Waals surface area (Å²) in [7, 11) is 0. The molecule has 0 saturated carbocycles. The van der Waals surface area contributed by atoms with Crippen molar-refractivity contribution >= 4 is 5.65 Å². The maximum absolute atomic E-state index is 5.65. The van der Waals surface area contributed by atoms with E-state index in [9.17, 15) is 0 Å². The highest BCUT2D eigenvalue weighted by Gasteiger charge is 2.03. The van der Waals surface area contributed by atoms with Gasteiger partial charge in [-0.15, -0.1) is 0 Å². The SMILES string of the molecule is CCCc1cn2cccc(CN)c2n1. The van der Waals surface area contributed by atoms with Gasteiger partial charge in [0.2, 0.25) is 0 Å². The minimum atomic E-state index is 0.549. The Morgan fingerprint density at radius 2 is 2.36 bits per heavy atom. The zero-order valence-electron chi connectivity index (χ0n) is 8.40. The quantitative estimate of drug-likeness (QED) is 0.799. The van der Waals surface area contributed by atoms with Gasteiger partial charge in [0.1, 0.15) is 5.65 Å². The van der Waals surface area contributed by atoms with Gasteiger partial charge in [0, 0.05) is 24.5 Å². The second kappa shape index (κ2) is 3.80. The number of aromatic nitrogens is 2. The van der Waals surface area contributed by atoms with Crippen LogP contribution >= 0.6 is 0 Å². The summed E-state index contributed by atoms with van der Waals surface area (Å²) in [6, 6.07) is 4.03. The fourth-order valence-corrected chi connectivity index (χ4v) is 1.66. The summed E-state index contributed by atoms with van der Waals surface area (Å²) in [5, 5.41) is 0. The van der Waals surface area contributed by atoms with E-state index in [4.69, 9.17) is 5.73 Å². The summed E-state index contributed by atoms with van der Waals surface area (Å²) < 4.78 is 2.05. The minimum absolute atomic E-state index is 0.549. The van der Waals surface area contributed by atoms with Crippen LogP contribution in [0.5, 0.6) is 0 Å². The molecule has 14 heavy (non-hydrogen) atoms. The van der Waals surface area contributed by atoms with Crippen LogP contribution in [0.15, 0.2) is 24.5 Å². The largest absolute Gasteiger partial charge is 0.326 e. The molecule has 0 atom stereocenters. The summed E-state index contributed by atoms with van der Waals surface area (Å²) >= 11 is 0. The van der Waals surface area contributed by atoms with E-state index in [2.05, 4.69) is 18.1 Å². The molecule has 2 rings (SSSR count). The lowest BCUT2D eigenvalue weighted by molar-refractivity contribution is 0.893. The van der Waals surface area contributed by atoms with Crippen molar-refractivity contribution in [2.45, 2.75) is 26.3 Å². The van der Waals surface area contributed by atoms with Crippen molar-refractivity contribution in [2.24, 2.45) is 5.73 Å². The van der Waals surface area contributed by atoms with E-state index in [0.29, 0.717) is 6.54 Å². The van der Waals surface area contributed by atoms with Gasteiger partial charge in [0.15, 0.2) is 0 Å². The van der Waals surface area contributed by atoms with Gasteiger partial charge in [-0.2, -0.15) is 0 Å². The Balaban J connectivity index is 2.52. The molecule has 0 radical (unpaired) electrons. The molecule has 2 N–H and O–H groups in total. The molecule has 0 aromatic carbocycles. The fourth-order valence-electron chi connectivity index (χ4n) is 1.66. The van der Waals surface area contributed by atoms with Gasteiger partial charge in [0.05, 0.1) is 5.69 Å². The van der Waals surface area contributed by atoms with E-state index >= 15 is 0 Å². The molecule has 0 amide bonds. The van der Waals surface area contributed by atoms with Crippen LogP contribution in [0.1, 0.15) is 24.6 Å². The Morgan fingerprint density at radius 1 is 1.50 bits per heavy atom. The second-order valence-electron chi connectivity index (χ2n) is 3.45. The van der Waals surface area contributed by atoms with Crippen LogP contribution in [0.3, 0.4) is 0 Å². The maximum atomic E-state index is 5.65. The van der Waals surface area contributed by atoms with Crippen molar-refractivity contribution in [1.82, 2.24) is 9.38 Å². The van der Waals surface area contributed by atoms with E-state index in [1.807, 2.05) is 22.7 Å². The molecule has 3 heteroatoms. The summed E-state index contributed by atoms with van der Waals surface area (Å²) in [6.07, 6.45) is 6.26. The van der Waals surface area contributed by atoms with Crippen molar-refractivity contribution in [2.75, 3.05) is 0 Å². The van der Waals surface area contributed by atoms with Crippen LogP contribution < -0.4 is 5.73 Å². The van der Waals surface area contributed by atoms with E-state index in [1.165, 1.54) is 0 Å². The highest BCUT2D eigenvalue weighted by Crippen LogP contribution is 2.11. The van der Waals surface area contributed by atoms with Gasteiger partial charge >= 0.3 is 0 Å². The van der Waals surface area contributed by atoms with Gasteiger partial charge in [-0.1, -0.05) is 19.4 Å². The molecule has 2 heterocycles. The summed E-state index contributed by atoms with van der Waals surface area (Å²) in [5.74, 6) is 0. The predicted molar refractivity (Wildman–Crippen MR) is 57.1 cm³/mol. The molecule has 2 aromatic heterocycles. The van der Waals surface area contributed by atoms with Crippen LogP contribution in [-0.4, -0.2) is 9.38 Å². The second-order valence-corrected chi connectivity index (χ2v) is 3.45. The smallest absolute Gasteiger partial charge is 0.141 e. The van der Waals surface area contributed by atoms with E-state index in [0.717, 1.165) is 29.7 Å². The van der Waals surface area contributed by atoms with Gasteiger partial charge < -0.3 is 10.1 Å². The van der Waals surface area contributed by atoms with Gasteiger partial charge in [-0.05, 0) is 12.5 Å². The Morgan fingerprint density at radius 3 is 3.07 bits per heavy atom. The number of rotatable bonds is 3. The van der Waals surface area contributed by atoms with Crippen molar-refractivity contribution in [3.05, 3.63) is 35.8 Å².